The number of nitrogens with two attached hydrogens (primary N) is 1. The fourth-order valence-electron chi connectivity index (χ4n) is 7.28. The fourth-order valence-corrected chi connectivity index (χ4v) is 7.28. The molecule has 5 N–H and O–H groups in total. The number of Topliss-reactive ketones (excluding diaryl/α,β-unsaturated/α-hetero) is 2. The zero-order valence-electron chi connectivity index (χ0n) is 27.8. The van der Waals surface area contributed by atoms with E-state index in [1.807, 2.05) is 24.3 Å². The molecular formula is C36H51N5O6. The molecule has 6 rings (SSSR count). The molecule has 47 heavy (non-hydrogen) atoms. The summed E-state index contributed by atoms with van der Waals surface area (Å²) >= 11 is 0. The number of nitrogens with one attached hydrogen (secondary N) is 3. The molecule has 4 atom stereocenters. The smallest absolute Gasteiger partial charge is 0.316 e. The van der Waals surface area contributed by atoms with Crippen molar-refractivity contribution in [1.29, 1.82) is 0 Å². The number of hydrogen-bond acceptors (Lipinski definition) is 6. The van der Waals surface area contributed by atoms with Gasteiger partial charge in [-0.25, -0.2) is 4.79 Å². The van der Waals surface area contributed by atoms with Crippen molar-refractivity contribution in [2.75, 3.05) is 6.54 Å². The third-order valence-electron chi connectivity index (χ3n) is 10.5. The second kappa shape index (κ2) is 15.4. The zero-order chi connectivity index (χ0) is 33.7. The molecule has 5 aliphatic rings. The molecule has 256 valence electrons. The minimum absolute atomic E-state index is 0.00157. The summed E-state index contributed by atoms with van der Waals surface area (Å²) in [6.07, 6.45) is 11.8. The fraction of sp³-hybridized carbons (Fsp3) is 0.667. The van der Waals surface area contributed by atoms with Gasteiger partial charge in [0.25, 0.3) is 5.91 Å². The van der Waals surface area contributed by atoms with E-state index in [0.717, 1.165) is 62.0 Å². The molecule has 1 saturated heterocycles. The maximum atomic E-state index is 14.2. The first-order valence-electron chi connectivity index (χ1n) is 17.7. The molecule has 0 bridgehead atoms. The predicted molar refractivity (Wildman–Crippen MR) is 176 cm³/mol. The molecule has 0 aromatic heterocycles. The minimum Gasteiger partial charge on any atom is -0.363 e. The first kappa shape index (κ1) is 34.6. The summed E-state index contributed by atoms with van der Waals surface area (Å²) in [5.41, 5.74) is 7.32. The van der Waals surface area contributed by atoms with Crippen LogP contribution in [0.2, 0.25) is 0 Å². The summed E-state index contributed by atoms with van der Waals surface area (Å²) in [5, 5.41) is 8.45. The van der Waals surface area contributed by atoms with Crippen molar-refractivity contribution >= 4 is 35.3 Å². The Bertz CT molecular complexity index is 1330. The Morgan fingerprint density at radius 1 is 0.766 bits per heavy atom. The second-order valence-corrected chi connectivity index (χ2v) is 14.4. The van der Waals surface area contributed by atoms with Crippen LogP contribution >= 0.6 is 0 Å². The van der Waals surface area contributed by atoms with Crippen LogP contribution in [0.1, 0.15) is 95.6 Å². The summed E-state index contributed by atoms with van der Waals surface area (Å²) in [7, 11) is 0. The van der Waals surface area contributed by atoms with Crippen molar-refractivity contribution in [2.24, 2.45) is 29.4 Å². The molecule has 11 heteroatoms. The van der Waals surface area contributed by atoms with Crippen molar-refractivity contribution in [2.45, 2.75) is 121 Å². The largest absolute Gasteiger partial charge is 0.363 e. The molecule has 3 saturated carbocycles. The van der Waals surface area contributed by atoms with E-state index in [9.17, 15) is 28.8 Å². The summed E-state index contributed by atoms with van der Waals surface area (Å²) in [6, 6.07) is 3.94. The predicted octanol–water partition coefficient (Wildman–Crippen LogP) is 2.96. The number of ketones is 2. The van der Waals surface area contributed by atoms with Gasteiger partial charge < -0.3 is 26.6 Å². The molecule has 1 heterocycles. The summed E-state index contributed by atoms with van der Waals surface area (Å²) in [4.78, 5) is 78.9. The molecule has 0 spiro atoms. The van der Waals surface area contributed by atoms with Crippen molar-refractivity contribution < 1.29 is 28.8 Å². The van der Waals surface area contributed by atoms with Gasteiger partial charge in [-0.05, 0) is 87.2 Å². The van der Waals surface area contributed by atoms with Gasteiger partial charge in [-0.2, -0.15) is 0 Å². The van der Waals surface area contributed by atoms with E-state index in [1.54, 1.807) is 0 Å². The number of carbonyl (C=O) groups is 6. The van der Waals surface area contributed by atoms with Gasteiger partial charge in [0.05, 0.1) is 12.1 Å². The number of hydrogen-bond donors (Lipinski definition) is 4. The van der Waals surface area contributed by atoms with Crippen LogP contribution < -0.4 is 21.7 Å². The lowest BCUT2D eigenvalue weighted by molar-refractivity contribution is -0.142. The molecule has 4 aliphatic carbocycles. The molecule has 0 radical (unpaired) electrons. The molecule has 11 nitrogen and oxygen atoms in total. The molecule has 1 aromatic carbocycles. The number of primary amides is 1. The van der Waals surface area contributed by atoms with E-state index in [1.165, 1.54) is 24.7 Å². The number of fused-ring (bicyclic) bond motifs is 1. The van der Waals surface area contributed by atoms with E-state index in [-0.39, 0.29) is 29.4 Å². The Morgan fingerprint density at radius 3 is 1.91 bits per heavy atom. The van der Waals surface area contributed by atoms with Crippen LogP contribution in [0.4, 0.5) is 4.79 Å². The molecule has 1 aromatic rings. The highest BCUT2D eigenvalue weighted by Crippen LogP contribution is 2.36. The third kappa shape index (κ3) is 8.99. The number of rotatable bonds is 11. The Labute approximate surface area is 277 Å². The van der Waals surface area contributed by atoms with Crippen molar-refractivity contribution in [3.05, 3.63) is 35.4 Å². The van der Waals surface area contributed by atoms with Crippen LogP contribution in [0.25, 0.3) is 0 Å². The number of urea groups is 1. The van der Waals surface area contributed by atoms with Gasteiger partial charge in [0.2, 0.25) is 17.6 Å². The van der Waals surface area contributed by atoms with E-state index in [0.29, 0.717) is 32.2 Å². The van der Waals surface area contributed by atoms with Crippen LogP contribution in [0, 0.1) is 23.7 Å². The average Bonchev–Trinajstić information content (AvgIpc) is 3.97. The molecular weight excluding hydrogens is 598 g/mol. The topological polar surface area (TPSA) is 168 Å². The van der Waals surface area contributed by atoms with Gasteiger partial charge >= 0.3 is 6.03 Å². The number of carbonyl (C=O) groups excluding carboxylic acids is 6. The molecule has 5 amide bonds. The number of benzene rings is 1. The Kier molecular flexibility index (Phi) is 11.3. The Morgan fingerprint density at radius 2 is 1.36 bits per heavy atom. The first-order chi connectivity index (χ1) is 22.5. The van der Waals surface area contributed by atoms with E-state index in [2.05, 4.69) is 22.9 Å². The summed E-state index contributed by atoms with van der Waals surface area (Å²) in [6.45, 7) is 3.97. The molecule has 1 aliphatic heterocycles. The highest BCUT2D eigenvalue weighted by Gasteiger charge is 2.44. The highest BCUT2D eigenvalue weighted by atomic mass is 16.2. The quantitative estimate of drug-likeness (QED) is 0.269. The van der Waals surface area contributed by atoms with Gasteiger partial charge in [0, 0.05) is 12.5 Å². The lowest BCUT2D eigenvalue weighted by atomic mass is 9.81. The average molecular weight is 650 g/mol. The number of nitrogens with zero attached hydrogens (tertiary/aromatic N) is 1. The normalized spacial score (nSPS) is 22.9. The third-order valence-corrected chi connectivity index (χ3v) is 10.5. The second-order valence-electron chi connectivity index (χ2n) is 14.4. The molecule has 3 unspecified atom stereocenters. The lowest BCUT2D eigenvalue weighted by Gasteiger charge is -2.33. The van der Waals surface area contributed by atoms with Crippen LogP contribution in [-0.4, -0.2) is 70.9 Å². The van der Waals surface area contributed by atoms with Gasteiger partial charge in [-0.15, -0.1) is 0 Å². The summed E-state index contributed by atoms with van der Waals surface area (Å²) in [5.74, 6) is -1.94. The van der Waals surface area contributed by atoms with Gasteiger partial charge in [-0.3, -0.25) is 24.0 Å². The van der Waals surface area contributed by atoms with Gasteiger partial charge in [-0.1, -0.05) is 63.3 Å². The number of amides is 5. The van der Waals surface area contributed by atoms with Crippen LogP contribution in [0.15, 0.2) is 24.3 Å². The monoisotopic (exact) mass is 649 g/mol. The van der Waals surface area contributed by atoms with Gasteiger partial charge in [0.15, 0.2) is 5.78 Å². The first-order valence-corrected chi connectivity index (χ1v) is 17.7. The van der Waals surface area contributed by atoms with Crippen LogP contribution in [0.3, 0.4) is 0 Å². The van der Waals surface area contributed by atoms with Crippen LogP contribution in [-0.2, 0) is 36.8 Å². The van der Waals surface area contributed by atoms with Crippen molar-refractivity contribution in [1.82, 2.24) is 20.9 Å². The van der Waals surface area contributed by atoms with Crippen LogP contribution in [0.5, 0.6) is 0 Å². The zero-order valence-corrected chi connectivity index (χ0v) is 27.8. The van der Waals surface area contributed by atoms with Crippen molar-refractivity contribution in [3.8, 4) is 0 Å². The molecule has 4 fully saturated rings. The van der Waals surface area contributed by atoms with E-state index in [4.69, 9.17) is 5.73 Å². The number of likely N-dealkylation sites (tertiary alicyclic amines) is 1. The van der Waals surface area contributed by atoms with E-state index >= 15 is 0 Å². The Hall–Kier alpha value is -3.76. The summed E-state index contributed by atoms with van der Waals surface area (Å²) < 4.78 is 0. The Balaban J connectivity index is 0.00000101. The lowest BCUT2D eigenvalue weighted by Crippen LogP contribution is -2.60. The maximum absolute atomic E-state index is 14.2. The van der Waals surface area contributed by atoms with Gasteiger partial charge in [0.1, 0.15) is 12.1 Å². The van der Waals surface area contributed by atoms with E-state index < -0.39 is 47.8 Å². The van der Waals surface area contributed by atoms with Crippen molar-refractivity contribution in [3.63, 3.8) is 0 Å². The highest BCUT2D eigenvalue weighted by molar-refractivity contribution is 6.37. The SMILES string of the molecule is CC(NC(=O)[C@@H]1CCCN1C(=O)C(NC(=O)NC(C(=O)C1CC1)C1CCCCC1)C1Cc2ccccc2C1)C(=O)C(N)=O.CC1CC1. The minimum atomic E-state index is -1.14. The standard InChI is InChI=1S/C32H43N5O6.C4H8/c1-18(27(38)29(33)40)34-30(41)24-12-7-15-37(24)31(42)26(23-16-21-10-5-6-11-22(21)17-23)36-32(43)35-25(28(39)20-13-14-20)19-8-3-2-4-9-19;1-4-2-3-4/h5-6,10-11,18-20,23-26H,2-4,7-9,12-17H2,1H3,(H2,33,40)(H,34,41)(H2,35,36,43);4H,2-3H2,1H3/t18?,24-,25?,26?;/m0./s1. The maximum Gasteiger partial charge on any atom is 0.316 e.